The van der Waals surface area contributed by atoms with Crippen LogP contribution in [0.15, 0.2) is 24.3 Å². The van der Waals surface area contributed by atoms with Crippen molar-refractivity contribution in [1.82, 2.24) is 0 Å². The van der Waals surface area contributed by atoms with E-state index >= 15 is 0 Å². The van der Waals surface area contributed by atoms with Crippen LogP contribution < -0.4 is 4.74 Å². The third-order valence-corrected chi connectivity index (χ3v) is 3.13. The van der Waals surface area contributed by atoms with Crippen LogP contribution in [0, 0.1) is 0 Å². The first-order valence-electron chi connectivity index (χ1n) is 5.39. The van der Waals surface area contributed by atoms with Gasteiger partial charge in [0.1, 0.15) is 5.75 Å². The standard InChI is InChI=1S/C12H13F3O2S/c1-2-6-18-8-11(16)9-4-3-5-10(7-9)17-12(13,14)15/h3-5,7H,2,6,8H2,1H3. The fourth-order valence-corrected chi connectivity index (χ4v) is 2.04. The molecule has 1 aromatic carbocycles. The molecule has 2 nitrogen and oxygen atoms in total. The Morgan fingerprint density at radius 1 is 1.39 bits per heavy atom. The molecular formula is C12H13F3O2S. The lowest BCUT2D eigenvalue weighted by Gasteiger charge is -2.09. The van der Waals surface area contributed by atoms with E-state index in [4.69, 9.17) is 0 Å². The number of ether oxygens (including phenoxy) is 1. The zero-order valence-electron chi connectivity index (χ0n) is 9.79. The summed E-state index contributed by atoms with van der Waals surface area (Å²) in [4.78, 5) is 11.7. The third kappa shape index (κ3) is 5.44. The number of carbonyl (C=O) groups is 1. The number of hydrogen-bond acceptors (Lipinski definition) is 3. The Bertz CT molecular complexity index is 405. The maximum absolute atomic E-state index is 12.0. The summed E-state index contributed by atoms with van der Waals surface area (Å²) in [7, 11) is 0. The SMILES string of the molecule is CCCSCC(=O)c1cccc(OC(F)(F)F)c1. The summed E-state index contributed by atoms with van der Waals surface area (Å²) >= 11 is 1.46. The second-order valence-corrected chi connectivity index (χ2v) is 4.66. The van der Waals surface area contributed by atoms with Crippen molar-refractivity contribution in [2.24, 2.45) is 0 Å². The Kier molecular flexibility index (Phi) is 5.53. The van der Waals surface area contributed by atoms with Gasteiger partial charge in [-0.2, -0.15) is 11.8 Å². The van der Waals surface area contributed by atoms with Crippen molar-refractivity contribution in [2.75, 3.05) is 11.5 Å². The lowest BCUT2D eigenvalue weighted by Crippen LogP contribution is -2.17. The van der Waals surface area contributed by atoms with Gasteiger partial charge < -0.3 is 4.74 Å². The van der Waals surface area contributed by atoms with Crippen LogP contribution in [0.2, 0.25) is 0 Å². The van der Waals surface area contributed by atoms with Crippen LogP contribution in [0.3, 0.4) is 0 Å². The quantitative estimate of drug-likeness (QED) is 0.583. The minimum absolute atomic E-state index is 0.193. The molecule has 0 radical (unpaired) electrons. The third-order valence-electron chi connectivity index (χ3n) is 1.97. The summed E-state index contributed by atoms with van der Waals surface area (Å²) in [5.74, 6) is 0.559. The molecule has 0 saturated carbocycles. The molecule has 0 spiro atoms. The molecule has 0 fully saturated rings. The number of thioether (sulfide) groups is 1. The second-order valence-electron chi connectivity index (χ2n) is 3.55. The van der Waals surface area contributed by atoms with Crippen molar-refractivity contribution < 1.29 is 22.7 Å². The molecule has 0 saturated heterocycles. The average molecular weight is 278 g/mol. The molecule has 0 aliphatic rings. The van der Waals surface area contributed by atoms with Crippen molar-refractivity contribution >= 4 is 17.5 Å². The van der Waals surface area contributed by atoms with E-state index in [1.165, 1.54) is 30.0 Å². The number of hydrogen-bond donors (Lipinski definition) is 0. The van der Waals surface area contributed by atoms with Gasteiger partial charge in [0.15, 0.2) is 5.78 Å². The number of alkyl halides is 3. The van der Waals surface area contributed by atoms with Gasteiger partial charge >= 0.3 is 6.36 Å². The van der Waals surface area contributed by atoms with Gasteiger partial charge in [0.05, 0.1) is 5.75 Å². The Hall–Kier alpha value is -1.17. The highest BCUT2D eigenvalue weighted by Crippen LogP contribution is 2.23. The highest BCUT2D eigenvalue weighted by molar-refractivity contribution is 7.99. The number of benzene rings is 1. The molecular weight excluding hydrogens is 265 g/mol. The smallest absolute Gasteiger partial charge is 0.406 e. The van der Waals surface area contributed by atoms with Gasteiger partial charge in [0.2, 0.25) is 0 Å². The minimum Gasteiger partial charge on any atom is -0.406 e. The Balaban J connectivity index is 2.66. The summed E-state index contributed by atoms with van der Waals surface area (Å²) in [5.41, 5.74) is 0.236. The van der Waals surface area contributed by atoms with Crippen LogP contribution in [0.1, 0.15) is 23.7 Å². The van der Waals surface area contributed by atoms with E-state index in [0.717, 1.165) is 18.2 Å². The molecule has 0 aromatic heterocycles. The van der Waals surface area contributed by atoms with Gasteiger partial charge in [-0.25, -0.2) is 0 Å². The van der Waals surface area contributed by atoms with Crippen LogP contribution in [0.4, 0.5) is 13.2 Å². The Morgan fingerprint density at radius 2 is 2.11 bits per heavy atom. The van der Waals surface area contributed by atoms with Crippen LogP contribution in [-0.4, -0.2) is 23.7 Å². The number of carbonyl (C=O) groups excluding carboxylic acids is 1. The fraction of sp³-hybridized carbons (Fsp3) is 0.417. The molecule has 0 aliphatic heterocycles. The largest absolute Gasteiger partial charge is 0.573 e. The maximum atomic E-state index is 12.0. The molecule has 1 aromatic rings. The number of halogens is 3. The minimum atomic E-state index is -4.74. The topological polar surface area (TPSA) is 26.3 Å². The van der Waals surface area contributed by atoms with Crippen molar-refractivity contribution in [3.05, 3.63) is 29.8 Å². The Morgan fingerprint density at radius 3 is 2.72 bits per heavy atom. The van der Waals surface area contributed by atoms with E-state index in [-0.39, 0.29) is 22.8 Å². The van der Waals surface area contributed by atoms with E-state index in [1.54, 1.807) is 0 Å². The monoisotopic (exact) mass is 278 g/mol. The van der Waals surface area contributed by atoms with Gasteiger partial charge in [-0.3, -0.25) is 4.79 Å². The van der Waals surface area contributed by atoms with E-state index in [2.05, 4.69) is 4.74 Å². The van der Waals surface area contributed by atoms with E-state index < -0.39 is 6.36 Å². The zero-order chi connectivity index (χ0) is 13.6. The summed E-state index contributed by atoms with van der Waals surface area (Å²) < 4.78 is 39.8. The van der Waals surface area contributed by atoms with E-state index in [9.17, 15) is 18.0 Å². The molecule has 18 heavy (non-hydrogen) atoms. The molecule has 0 bridgehead atoms. The van der Waals surface area contributed by atoms with Crippen molar-refractivity contribution in [3.8, 4) is 5.75 Å². The van der Waals surface area contributed by atoms with Gasteiger partial charge in [-0.05, 0) is 24.3 Å². The van der Waals surface area contributed by atoms with Crippen molar-refractivity contribution in [2.45, 2.75) is 19.7 Å². The normalized spacial score (nSPS) is 11.3. The van der Waals surface area contributed by atoms with Crippen LogP contribution >= 0.6 is 11.8 Å². The molecule has 0 N–H and O–H groups in total. The van der Waals surface area contributed by atoms with Crippen LogP contribution in [0.5, 0.6) is 5.75 Å². The first-order chi connectivity index (χ1) is 8.42. The van der Waals surface area contributed by atoms with E-state index in [1.807, 2.05) is 6.92 Å². The number of rotatable bonds is 6. The molecule has 1 rings (SSSR count). The molecule has 100 valence electrons. The highest BCUT2D eigenvalue weighted by atomic mass is 32.2. The second kappa shape index (κ2) is 6.68. The molecule has 0 unspecified atom stereocenters. The predicted molar refractivity (Wildman–Crippen MR) is 65.1 cm³/mol. The summed E-state index contributed by atoms with van der Waals surface area (Å²) in [5, 5.41) is 0. The molecule has 6 heteroatoms. The summed E-state index contributed by atoms with van der Waals surface area (Å²) in [6.07, 6.45) is -3.78. The molecule has 0 heterocycles. The number of ketones is 1. The number of Topliss-reactive ketones (excluding diaryl/α,β-unsaturated/α-hetero) is 1. The zero-order valence-corrected chi connectivity index (χ0v) is 10.6. The fourth-order valence-electron chi connectivity index (χ4n) is 1.26. The van der Waals surface area contributed by atoms with Crippen LogP contribution in [0.25, 0.3) is 0 Å². The maximum Gasteiger partial charge on any atom is 0.573 e. The van der Waals surface area contributed by atoms with E-state index in [0.29, 0.717) is 0 Å². The summed E-state index contributed by atoms with van der Waals surface area (Å²) in [6.45, 7) is 2.00. The van der Waals surface area contributed by atoms with Gasteiger partial charge in [0, 0.05) is 5.56 Å². The lowest BCUT2D eigenvalue weighted by atomic mass is 10.1. The van der Waals surface area contributed by atoms with Gasteiger partial charge in [-0.1, -0.05) is 19.1 Å². The predicted octanol–water partition coefficient (Wildman–Crippen LogP) is 3.91. The molecule has 0 amide bonds. The van der Waals surface area contributed by atoms with Gasteiger partial charge in [0.25, 0.3) is 0 Å². The average Bonchev–Trinajstić information content (AvgIpc) is 2.27. The van der Waals surface area contributed by atoms with Crippen molar-refractivity contribution in [1.29, 1.82) is 0 Å². The summed E-state index contributed by atoms with van der Waals surface area (Å²) in [6, 6.07) is 5.14. The molecule has 0 aliphatic carbocycles. The van der Waals surface area contributed by atoms with Crippen LogP contribution in [-0.2, 0) is 0 Å². The highest BCUT2D eigenvalue weighted by Gasteiger charge is 2.31. The Labute approximate surface area is 108 Å². The lowest BCUT2D eigenvalue weighted by molar-refractivity contribution is -0.274. The van der Waals surface area contributed by atoms with Crippen molar-refractivity contribution in [3.63, 3.8) is 0 Å². The van der Waals surface area contributed by atoms with Gasteiger partial charge in [-0.15, -0.1) is 13.2 Å². The first kappa shape index (κ1) is 14.9. The molecule has 0 atom stereocenters. The first-order valence-corrected chi connectivity index (χ1v) is 6.54.